The molecule has 0 fully saturated rings. The van der Waals surface area contributed by atoms with Crippen molar-refractivity contribution in [2.45, 2.75) is 0 Å². The molecule has 0 N–H and O–H groups in total. The third-order valence-corrected chi connectivity index (χ3v) is 3.19. The lowest BCUT2D eigenvalue weighted by Gasteiger charge is -2.09. The molecule has 22 heavy (non-hydrogen) atoms. The monoisotopic (exact) mass is 290 g/mol. The number of rotatable bonds is 4. The van der Waals surface area contributed by atoms with Crippen LogP contribution in [0.25, 0.3) is 11.1 Å². The zero-order chi connectivity index (χ0) is 15.2. The molecule has 108 valence electrons. The molecule has 0 saturated carbocycles. The first-order valence-corrected chi connectivity index (χ1v) is 6.93. The number of carbonyl (C=O) groups is 1. The van der Waals surface area contributed by atoms with Crippen LogP contribution in [0.5, 0.6) is 5.75 Å². The first-order valence-electron chi connectivity index (χ1n) is 6.93. The van der Waals surface area contributed by atoms with Crippen molar-refractivity contribution in [3.8, 4) is 16.9 Å². The fraction of sp³-hybridized carbons (Fsp3) is 0. The lowest BCUT2D eigenvalue weighted by Crippen LogP contribution is -2.08. The summed E-state index contributed by atoms with van der Waals surface area (Å²) in [6.07, 6.45) is 0. The average molecular weight is 290 g/mol. The van der Waals surface area contributed by atoms with Gasteiger partial charge in [-0.1, -0.05) is 66.7 Å². The van der Waals surface area contributed by atoms with E-state index in [9.17, 15) is 4.79 Å². The molecule has 0 atom stereocenters. The zero-order valence-electron chi connectivity index (χ0n) is 11.8. The van der Waals surface area contributed by atoms with Crippen molar-refractivity contribution in [3.63, 3.8) is 0 Å². The Morgan fingerprint density at radius 1 is 0.682 bits per heavy atom. The van der Waals surface area contributed by atoms with Gasteiger partial charge in [-0.2, -0.15) is 0 Å². The Morgan fingerprint density at radius 3 is 2.00 bits per heavy atom. The van der Waals surface area contributed by atoms with Crippen molar-refractivity contribution in [1.82, 2.24) is 0 Å². The quantitative estimate of drug-likeness (QED) is 0.524. The van der Waals surface area contributed by atoms with E-state index in [2.05, 4.69) is 0 Å². The lowest BCUT2D eigenvalue weighted by atomic mass is 10.1. The van der Waals surface area contributed by atoms with Crippen LogP contribution in [0.3, 0.4) is 0 Å². The number of para-hydroxylation sites is 1. The molecule has 0 amide bonds. The molecule has 3 nitrogen and oxygen atoms in total. The van der Waals surface area contributed by atoms with E-state index in [1.54, 1.807) is 30.3 Å². The Hall–Kier alpha value is -3.07. The van der Waals surface area contributed by atoms with Gasteiger partial charge in [0.25, 0.3) is 0 Å². The van der Waals surface area contributed by atoms with Crippen molar-refractivity contribution in [1.29, 1.82) is 0 Å². The topological polar surface area (TPSA) is 35.5 Å². The molecule has 0 aromatic heterocycles. The van der Waals surface area contributed by atoms with Crippen LogP contribution in [0.15, 0.2) is 84.9 Å². The summed E-state index contributed by atoms with van der Waals surface area (Å²) in [5.41, 5.74) is 2.30. The average Bonchev–Trinajstić information content (AvgIpc) is 2.61. The third-order valence-electron chi connectivity index (χ3n) is 3.19. The molecule has 0 saturated heterocycles. The van der Waals surface area contributed by atoms with E-state index in [1.165, 1.54) is 0 Å². The highest BCUT2D eigenvalue weighted by Crippen LogP contribution is 2.29. The molecule has 0 unspecified atom stereocenters. The van der Waals surface area contributed by atoms with Crippen LogP contribution in [0, 0.1) is 0 Å². The summed E-state index contributed by atoms with van der Waals surface area (Å²) in [7, 11) is 0. The van der Waals surface area contributed by atoms with Crippen LogP contribution < -0.4 is 4.89 Å². The summed E-state index contributed by atoms with van der Waals surface area (Å²) < 4.78 is 0. The summed E-state index contributed by atoms with van der Waals surface area (Å²) in [4.78, 5) is 22.1. The summed E-state index contributed by atoms with van der Waals surface area (Å²) in [6.45, 7) is 0. The molecule has 3 rings (SSSR count). The van der Waals surface area contributed by atoms with Gasteiger partial charge in [0.05, 0.1) is 5.56 Å². The Kier molecular flexibility index (Phi) is 4.16. The summed E-state index contributed by atoms with van der Waals surface area (Å²) in [6, 6.07) is 25.9. The molecular formula is C19H14O3. The molecule has 0 aliphatic rings. The van der Waals surface area contributed by atoms with Crippen LogP contribution in [-0.4, -0.2) is 5.97 Å². The SMILES string of the molecule is O=C(OOc1ccccc1-c1ccccc1)c1ccccc1. The molecule has 3 aromatic carbocycles. The first kappa shape index (κ1) is 13.9. The second-order valence-electron chi connectivity index (χ2n) is 4.68. The van der Waals surface area contributed by atoms with Crippen molar-refractivity contribution in [2.24, 2.45) is 0 Å². The van der Waals surface area contributed by atoms with Crippen LogP contribution in [0.4, 0.5) is 0 Å². The standard InChI is InChI=1S/C19H14O3/c20-19(16-11-5-2-6-12-16)22-21-18-14-8-7-13-17(18)15-9-3-1-4-10-15/h1-14H. The van der Waals surface area contributed by atoms with Crippen molar-refractivity contribution < 1.29 is 14.6 Å². The van der Waals surface area contributed by atoms with E-state index in [1.807, 2.05) is 54.6 Å². The van der Waals surface area contributed by atoms with Crippen molar-refractivity contribution >= 4 is 5.97 Å². The van der Waals surface area contributed by atoms with Gasteiger partial charge < -0.3 is 0 Å². The van der Waals surface area contributed by atoms with Gasteiger partial charge in [0.2, 0.25) is 0 Å². The van der Waals surface area contributed by atoms with E-state index < -0.39 is 5.97 Å². The van der Waals surface area contributed by atoms with Crippen LogP contribution in [-0.2, 0) is 4.89 Å². The van der Waals surface area contributed by atoms with Gasteiger partial charge in [0.15, 0.2) is 5.75 Å². The molecule has 0 heterocycles. The minimum atomic E-state index is -0.525. The number of hydrogen-bond acceptors (Lipinski definition) is 3. The molecule has 0 spiro atoms. The highest BCUT2D eigenvalue weighted by Gasteiger charge is 2.11. The molecule has 0 radical (unpaired) electrons. The highest BCUT2D eigenvalue weighted by atomic mass is 17.2. The maximum atomic E-state index is 11.9. The van der Waals surface area contributed by atoms with E-state index in [4.69, 9.17) is 9.78 Å². The van der Waals surface area contributed by atoms with Gasteiger partial charge in [-0.3, -0.25) is 4.89 Å². The fourth-order valence-corrected chi connectivity index (χ4v) is 2.10. The smallest absolute Gasteiger partial charge is 0.286 e. The van der Waals surface area contributed by atoms with Gasteiger partial charge in [0, 0.05) is 5.56 Å². The van der Waals surface area contributed by atoms with Gasteiger partial charge in [-0.15, -0.1) is 0 Å². The van der Waals surface area contributed by atoms with E-state index in [0.29, 0.717) is 11.3 Å². The first-order chi connectivity index (χ1) is 10.8. The maximum Gasteiger partial charge on any atom is 0.386 e. The van der Waals surface area contributed by atoms with Gasteiger partial charge in [-0.05, 0) is 23.8 Å². The second kappa shape index (κ2) is 6.59. The third kappa shape index (κ3) is 3.15. The lowest BCUT2D eigenvalue weighted by molar-refractivity contribution is -0.149. The van der Waals surface area contributed by atoms with Gasteiger partial charge in [0.1, 0.15) is 0 Å². The number of hydrogen-bond donors (Lipinski definition) is 0. The highest BCUT2D eigenvalue weighted by molar-refractivity contribution is 5.89. The van der Waals surface area contributed by atoms with Gasteiger partial charge >= 0.3 is 5.97 Å². The van der Waals surface area contributed by atoms with Crippen LogP contribution in [0.2, 0.25) is 0 Å². The molecule has 3 heteroatoms. The van der Waals surface area contributed by atoms with Crippen molar-refractivity contribution in [2.75, 3.05) is 0 Å². The maximum absolute atomic E-state index is 11.9. The Bertz CT molecular complexity index is 752. The fourth-order valence-electron chi connectivity index (χ4n) is 2.10. The summed E-state index contributed by atoms with van der Waals surface area (Å²) in [5.74, 6) is -0.0264. The number of carbonyl (C=O) groups excluding carboxylic acids is 1. The molecule has 3 aromatic rings. The van der Waals surface area contributed by atoms with E-state index >= 15 is 0 Å². The van der Waals surface area contributed by atoms with Crippen LogP contribution in [0.1, 0.15) is 10.4 Å². The van der Waals surface area contributed by atoms with Crippen LogP contribution >= 0.6 is 0 Å². The predicted molar refractivity (Wildman–Crippen MR) is 84.4 cm³/mol. The minimum Gasteiger partial charge on any atom is -0.286 e. The Balaban J connectivity index is 1.78. The minimum absolute atomic E-state index is 0.444. The molecule has 0 aliphatic carbocycles. The number of benzene rings is 3. The van der Waals surface area contributed by atoms with Crippen molar-refractivity contribution in [3.05, 3.63) is 90.5 Å². The molecule has 0 bridgehead atoms. The molecule has 0 aliphatic heterocycles. The van der Waals surface area contributed by atoms with E-state index in [-0.39, 0.29) is 0 Å². The second-order valence-corrected chi connectivity index (χ2v) is 4.68. The Morgan fingerprint density at radius 2 is 1.27 bits per heavy atom. The Labute approximate surface area is 128 Å². The summed E-state index contributed by atoms with van der Waals surface area (Å²) >= 11 is 0. The largest absolute Gasteiger partial charge is 0.386 e. The predicted octanol–water partition coefficient (Wildman–Crippen LogP) is 4.50. The molecular weight excluding hydrogens is 276 g/mol. The summed E-state index contributed by atoms with van der Waals surface area (Å²) in [5, 5.41) is 0. The van der Waals surface area contributed by atoms with Gasteiger partial charge in [-0.25, -0.2) is 9.68 Å². The van der Waals surface area contributed by atoms with E-state index in [0.717, 1.165) is 11.1 Å². The normalized spacial score (nSPS) is 10.0. The zero-order valence-corrected chi connectivity index (χ0v) is 11.8.